The molecule has 0 saturated heterocycles. The Morgan fingerprint density at radius 2 is 0.581 bits per heavy atom. The van der Waals surface area contributed by atoms with Gasteiger partial charge < -0.3 is 93.5 Å². The van der Waals surface area contributed by atoms with Gasteiger partial charge in [-0.05, 0) is 6.42 Å². The summed E-state index contributed by atoms with van der Waals surface area (Å²) in [6, 6.07) is 0. The van der Waals surface area contributed by atoms with Gasteiger partial charge in [0.2, 0.25) is 0 Å². The van der Waals surface area contributed by atoms with Crippen LogP contribution in [0, 0.1) is 0 Å². The molecule has 5 nitrogen and oxygen atoms in total. The van der Waals surface area contributed by atoms with E-state index >= 15 is 0 Å². The van der Waals surface area contributed by atoms with E-state index in [1.54, 1.807) is 0 Å². The van der Waals surface area contributed by atoms with E-state index in [1.807, 2.05) is 27.7 Å². The molecule has 0 rings (SSSR count). The summed E-state index contributed by atoms with van der Waals surface area (Å²) in [4.78, 5) is 0. The minimum Gasteiger partial charge on any atom is -1.00 e. The average Bonchev–Trinajstić information content (AvgIpc) is 2.61. The minimum atomic E-state index is 0. The molecule has 1 N–H and O–H groups in total. The maximum Gasteiger partial charge on any atom is 4.00 e. The van der Waals surface area contributed by atoms with Gasteiger partial charge in [-0.25, -0.2) is 0 Å². The molecule has 0 fully saturated rings. The molecule has 0 aliphatic rings. The summed E-state index contributed by atoms with van der Waals surface area (Å²) in [5, 5.41) is 46.2. The van der Waals surface area contributed by atoms with E-state index in [-0.39, 0.29) is 147 Å². The molecule has 0 aliphatic heterocycles. The van der Waals surface area contributed by atoms with Crippen molar-refractivity contribution in [1.82, 2.24) is 0 Å². The molecule has 0 aromatic carbocycles. The standard InChI is InChI=1S/C4H10O.4C4H9O.4BrH.2Zr/c5*1-2-3-4-5;;;;;;/h5H,2-4H2,1H3;4*2-4H2,1H3;4*1H;;/q;4*-1;;;;;2*+4/p-4. The van der Waals surface area contributed by atoms with Crippen LogP contribution in [-0.4, -0.2) is 38.1 Å². The van der Waals surface area contributed by atoms with Crippen LogP contribution in [0.5, 0.6) is 0 Å². The molecule has 0 aromatic rings. The van der Waals surface area contributed by atoms with Crippen LogP contribution in [0.4, 0.5) is 0 Å². The van der Waals surface area contributed by atoms with Crippen molar-refractivity contribution in [3.05, 3.63) is 0 Å². The number of aliphatic hydroxyl groups excluding tert-OH is 1. The van der Waals surface area contributed by atoms with Crippen molar-refractivity contribution < 1.29 is 146 Å². The summed E-state index contributed by atoms with van der Waals surface area (Å²) < 4.78 is 0. The Hall–Kier alpha value is 3.49. The van der Waals surface area contributed by atoms with Crippen molar-refractivity contribution in [1.29, 1.82) is 0 Å². The maximum absolute atomic E-state index is 9.53. The van der Waals surface area contributed by atoms with Crippen LogP contribution in [0.25, 0.3) is 0 Å². The van der Waals surface area contributed by atoms with Crippen LogP contribution in [0.1, 0.15) is 98.8 Å². The Kier molecular flexibility index (Phi) is 234. The molecule has 31 heavy (non-hydrogen) atoms. The Morgan fingerprint density at radius 3 is 0.581 bits per heavy atom. The minimum absolute atomic E-state index is 0. The normalized spacial score (nSPS) is 6.77. The number of hydrogen-bond acceptors (Lipinski definition) is 5. The first-order valence-electron chi connectivity index (χ1n) is 10.0. The Bertz CT molecular complexity index is 118. The predicted octanol–water partition coefficient (Wildman–Crippen LogP) is -10.6. The topological polar surface area (TPSA) is 112 Å². The summed E-state index contributed by atoms with van der Waals surface area (Å²) in [7, 11) is 0. The van der Waals surface area contributed by atoms with Crippen LogP contribution in [0.3, 0.4) is 0 Å². The fourth-order valence-corrected chi connectivity index (χ4v) is 0.735. The second-order valence-corrected chi connectivity index (χ2v) is 5.31. The van der Waals surface area contributed by atoms with Crippen LogP contribution < -0.4 is 88.4 Å². The van der Waals surface area contributed by atoms with E-state index in [9.17, 15) is 20.4 Å². The third-order valence-corrected chi connectivity index (χ3v) is 2.50. The van der Waals surface area contributed by atoms with Crippen LogP contribution in [0.15, 0.2) is 0 Å². The molecular weight excluding hydrogens is 822 g/mol. The maximum atomic E-state index is 9.53. The summed E-state index contributed by atoms with van der Waals surface area (Å²) in [5.74, 6) is 0. The van der Waals surface area contributed by atoms with Gasteiger partial charge in [0.15, 0.2) is 0 Å². The summed E-state index contributed by atoms with van der Waals surface area (Å²) in [6.45, 7) is 10.8. The van der Waals surface area contributed by atoms with Crippen molar-refractivity contribution in [2.45, 2.75) is 98.8 Å². The zero-order valence-corrected chi connectivity index (χ0v) is 31.5. The first-order valence-corrected chi connectivity index (χ1v) is 10.0. The van der Waals surface area contributed by atoms with Gasteiger partial charge in [-0.15, -0.1) is 26.4 Å². The van der Waals surface area contributed by atoms with E-state index in [1.165, 1.54) is 0 Å². The average molecular weight is 869 g/mol. The van der Waals surface area contributed by atoms with Crippen LogP contribution >= 0.6 is 0 Å². The van der Waals surface area contributed by atoms with E-state index in [0.717, 1.165) is 64.2 Å². The third-order valence-electron chi connectivity index (χ3n) is 2.50. The number of rotatable bonds is 10. The first kappa shape index (κ1) is 70.1. The summed E-state index contributed by atoms with van der Waals surface area (Å²) in [6.07, 6.45) is 9.50. The second kappa shape index (κ2) is 103. The second-order valence-electron chi connectivity index (χ2n) is 5.31. The molecule has 0 radical (unpaired) electrons. The van der Waals surface area contributed by atoms with Crippen LogP contribution in [0.2, 0.25) is 0 Å². The zero-order chi connectivity index (χ0) is 20.6. The Morgan fingerprint density at radius 1 is 0.419 bits per heavy atom. The molecule has 0 unspecified atom stereocenters. The Labute approximate surface area is 274 Å². The smallest absolute Gasteiger partial charge is 1.00 e. The number of unbranched alkanes of at least 4 members (excludes halogenated alkanes) is 5. The molecule has 11 heteroatoms. The predicted molar refractivity (Wildman–Crippen MR) is 101 cm³/mol. The number of halogens is 4. The van der Waals surface area contributed by atoms with Gasteiger partial charge in [0.25, 0.3) is 0 Å². The van der Waals surface area contributed by atoms with Gasteiger partial charge in [0.05, 0.1) is 0 Å². The van der Waals surface area contributed by atoms with E-state index in [0.29, 0.717) is 6.61 Å². The van der Waals surface area contributed by atoms with Gasteiger partial charge in [0.1, 0.15) is 0 Å². The van der Waals surface area contributed by atoms with Gasteiger partial charge in [0, 0.05) is 6.61 Å². The van der Waals surface area contributed by atoms with E-state index in [4.69, 9.17) is 5.11 Å². The molecule has 0 aliphatic carbocycles. The quantitative estimate of drug-likeness (QED) is 0.235. The molecule has 0 saturated carbocycles. The molecule has 0 atom stereocenters. The fraction of sp³-hybridized carbons (Fsp3) is 1.00. The third kappa shape index (κ3) is 183. The number of hydrogen-bond donors (Lipinski definition) is 1. The van der Waals surface area contributed by atoms with Gasteiger partial charge >= 0.3 is 52.4 Å². The Balaban J connectivity index is -0.0000000171. The van der Waals surface area contributed by atoms with Crippen molar-refractivity contribution in [2.75, 3.05) is 33.0 Å². The van der Waals surface area contributed by atoms with Gasteiger partial charge in [-0.1, -0.05) is 92.4 Å². The molecule has 0 aromatic heterocycles. The monoisotopic (exact) mass is 862 g/mol. The zero-order valence-electron chi connectivity index (χ0n) is 20.2. The number of aliphatic hydroxyl groups is 1. The van der Waals surface area contributed by atoms with Gasteiger partial charge in [-0.3, -0.25) is 0 Å². The van der Waals surface area contributed by atoms with E-state index in [2.05, 4.69) is 6.92 Å². The SMILES string of the molecule is CCCCO.CCCC[O-].CCCC[O-].CCCC[O-].CCCC[O-].[Br-].[Br-].[Br-].[Br-].[Zr+4].[Zr+4]. The first-order chi connectivity index (χ1) is 12.1. The van der Waals surface area contributed by atoms with Crippen molar-refractivity contribution in [2.24, 2.45) is 0 Å². The van der Waals surface area contributed by atoms with Crippen LogP contribution in [-0.2, 0) is 52.4 Å². The summed E-state index contributed by atoms with van der Waals surface area (Å²) in [5.41, 5.74) is 0. The molecule has 0 spiro atoms. The molecule has 0 heterocycles. The molecule has 0 amide bonds. The van der Waals surface area contributed by atoms with Crippen molar-refractivity contribution in [3.8, 4) is 0 Å². The molecule has 192 valence electrons. The molecule has 0 bridgehead atoms. The molecular formula is C20H46Br4O5Zr2. The van der Waals surface area contributed by atoms with Crippen molar-refractivity contribution >= 4 is 0 Å². The van der Waals surface area contributed by atoms with Crippen molar-refractivity contribution in [3.63, 3.8) is 0 Å². The fourth-order valence-electron chi connectivity index (χ4n) is 0.735. The largest absolute Gasteiger partial charge is 4.00 e. The van der Waals surface area contributed by atoms with E-state index < -0.39 is 0 Å². The van der Waals surface area contributed by atoms with Gasteiger partial charge in [-0.2, -0.15) is 0 Å². The summed E-state index contributed by atoms with van der Waals surface area (Å²) >= 11 is 0.